The molecule has 7 heteroatoms. The highest BCUT2D eigenvalue weighted by Gasteiger charge is 2.11. The summed E-state index contributed by atoms with van der Waals surface area (Å²) in [6.07, 6.45) is 1.56. The molecule has 0 fully saturated rings. The molecular weight excluding hydrogens is 333 g/mol. The zero-order chi connectivity index (χ0) is 17.7. The summed E-state index contributed by atoms with van der Waals surface area (Å²) in [6, 6.07) is 7.75. The first-order chi connectivity index (χ1) is 11.3. The van der Waals surface area contributed by atoms with Gasteiger partial charge < -0.3 is 9.84 Å². The van der Waals surface area contributed by atoms with Gasteiger partial charge in [-0.05, 0) is 37.1 Å². The van der Waals surface area contributed by atoms with Crippen molar-refractivity contribution in [3.8, 4) is 17.0 Å². The zero-order valence-corrected chi connectivity index (χ0v) is 14.4. The summed E-state index contributed by atoms with van der Waals surface area (Å²) in [5, 5.41) is 9.19. The van der Waals surface area contributed by atoms with Crippen LogP contribution in [0.2, 0.25) is 0 Å². The molecule has 1 N–H and O–H groups in total. The van der Waals surface area contributed by atoms with Gasteiger partial charge in [-0.3, -0.25) is 0 Å². The number of aliphatic hydroxyl groups is 1. The Kier molecular flexibility index (Phi) is 5.90. The van der Waals surface area contributed by atoms with Gasteiger partial charge in [0.05, 0.1) is 19.0 Å². The number of pyridine rings is 1. The minimum atomic E-state index is -3.00. The van der Waals surface area contributed by atoms with Crippen LogP contribution < -0.4 is 4.74 Å². The third kappa shape index (κ3) is 5.01. The highest BCUT2D eigenvalue weighted by molar-refractivity contribution is 7.90. The lowest BCUT2D eigenvalue weighted by Crippen LogP contribution is -2.08. The quantitative estimate of drug-likeness (QED) is 0.774. The molecule has 1 aromatic heterocycles. The van der Waals surface area contributed by atoms with Crippen LogP contribution in [-0.4, -0.2) is 37.1 Å². The van der Waals surface area contributed by atoms with E-state index in [-0.39, 0.29) is 24.8 Å². The summed E-state index contributed by atoms with van der Waals surface area (Å²) in [6.45, 7) is 1.82. The number of aliphatic hydroxyl groups excluding tert-OH is 1. The van der Waals surface area contributed by atoms with Crippen LogP contribution >= 0.6 is 0 Å². The number of nitrogens with zero attached hydrogens (tertiary/aromatic N) is 1. The van der Waals surface area contributed by atoms with Gasteiger partial charge in [0.25, 0.3) is 0 Å². The summed E-state index contributed by atoms with van der Waals surface area (Å²) < 4.78 is 41.6. The van der Waals surface area contributed by atoms with E-state index < -0.39 is 9.84 Å². The lowest BCUT2D eigenvalue weighted by molar-refractivity contribution is 0.282. The van der Waals surface area contributed by atoms with E-state index in [9.17, 15) is 17.9 Å². The van der Waals surface area contributed by atoms with Crippen molar-refractivity contribution < 1.29 is 22.7 Å². The molecule has 0 aliphatic rings. The second-order valence-corrected chi connectivity index (χ2v) is 7.85. The molecule has 0 saturated heterocycles. The maximum Gasteiger partial charge on any atom is 0.213 e. The molecule has 0 amide bonds. The number of aryl methyl sites for hydroxylation is 1. The van der Waals surface area contributed by atoms with Crippen LogP contribution in [0.5, 0.6) is 5.88 Å². The van der Waals surface area contributed by atoms with Crippen molar-refractivity contribution >= 4 is 9.84 Å². The predicted molar refractivity (Wildman–Crippen MR) is 90.1 cm³/mol. The SMILES string of the molecule is Cc1nc(OCCCS(C)(=O)=O)ccc1-c1cc(CO)ccc1F. The highest BCUT2D eigenvalue weighted by Crippen LogP contribution is 2.28. The molecule has 0 atom stereocenters. The standard InChI is InChI=1S/C17H20FNO4S/c1-12-14(15-10-13(11-20)4-6-16(15)18)5-7-17(19-12)23-8-3-9-24(2,21)22/h4-7,10,20H,3,8-9,11H2,1-2H3. The largest absolute Gasteiger partial charge is 0.478 e. The van der Waals surface area contributed by atoms with Crippen molar-refractivity contribution in [1.82, 2.24) is 4.98 Å². The fourth-order valence-electron chi connectivity index (χ4n) is 2.28. The maximum atomic E-state index is 14.0. The van der Waals surface area contributed by atoms with E-state index in [1.165, 1.54) is 18.4 Å². The Morgan fingerprint density at radius 2 is 1.96 bits per heavy atom. The Bertz CT molecular complexity index is 821. The van der Waals surface area contributed by atoms with E-state index in [1.54, 1.807) is 25.1 Å². The molecule has 2 aromatic rings. The number of hydrogen-bond donors (Lipinski definition) is 1. The van der Waals surface area contributed by atoms with E-state index in [0.29, 0.717) is 34.7 Å². The summed E-state index contributed by atoms with van der Waals surface area (Å²) in [4.78, 5) is 4.28. The zero-order valence-electron chi connectivity index (χ0n) is 13.6. The van der Waals surface area contributed by atoms with E-state index >= 15 is 0 Å². The molecule has 24 heavy (non-hydrogen) atoms. The van der Waals surface area contributed by atoms with E-state index in [1.807, 2.05) is 0 Å². The van der Waals surface area contributed by atoms with Gasteiger partial charge in [-0.1, -0.05) is 6.07 Å². The Hall–Kier alpha value is -1.99. The van der Waals surface area contributed by atoms with E-state index in [4.69, 9.17) is 4.74 Å². The topological polar surface area (TPSA) is 76.5 Å². The molecule has 0 spiro atoms. The van der Waals surface area contributed by atoms with Gasteiger partial charge >= 0.3 is 0 Å². The molecule has 0 bridgehead atoms. The fraction of sp³-hybridized carbons (Fsp3) is 0.353. The first kappa shape index (κ1) is 18.4. The Morgan fingerprint density at radius 3 is 2.58 bits per heavy atom. The molecule has 0 unspecified atom stereocenters. The van der Waals surface area contributed by atoms with Gasteiger partial charge in [-0.25, -0.2) is 17.8 Å². The fourth-order valence-corrected chi connectivity index (χ4v) is 2.92. The van der Waals surface area contributed by atoms with Crippen LogP contribution in [0.3, 0.4) is 0 Å². The highest BCUT2D eigenvalue weighted by atomic mass is 32.2. The molecule has 5 nitrogen and oxygen atoms in total. The molecule has 2 rings (SSSR count). The van der Waals surface area contributed by atoms with E-state index in [0.717, 1.165) is 0 Å². The molecule has 0 aliphatic carbocycles. The number of hydrogen-bond acceptors (Lipinski definition) is 5. The average Bonchev–Trinajstić information content (AvgIpc) is 2.52. The number of halogens is 1. The van der Waals surface area contributed by atoms with Gasteiger partial charge in [-0.2, -0.15) is 0 Å². The van der Waals surface area contributed by atoms with Gasteiger partial charge in [-0.15, -0.1) is 0 Å². The normalized spacial score (nSPS) is 11.5. The summed E-state index contributed by atoms with van der Waals surface area (Å²) in [5.74, 6) is 0.0332. The van der Waals surface area contributed by atoms with Gasteiger partial charge in [0.15, 0.2) is 0 Å². The van der Waals surface area contributed by atoms with Crippen molar-refractivity contribution in [1.29, 1.82) is 0 Å². The maximum absolute atomic E-state index is 14.0. The number of benzene rings is 1. The van der Waals surface area contributed by atoms with Crippen LogP contribution in [0.1, 0.15) is 17.7 Å². The summed E-state index contributed by atoms with van der Waals surface area (Å²) in [5.41, 5.74) is 2.19. The predicted octanol–water partition coefficient (Wildman–Crippen LogP) is 2.50. The van der Waals surface area contributed by atoms with Crippen molar-refractivity contribution in [2.45, 2.75) is 20.0 Å². The number of sulfone groups is 1. The van der Waals surface area contributed by atoms with Gasteiger partial charge in [0.2, 0.25) is 5.88 Å². The van der Waals surface area contributed by atoms with E-state index in [2.05, 4.69) is 4.98 Å². The van der Waals surface area contributed by atoms with Crippen molar-refractivity contribution in [3.05, 3.63) is 47.4 Å². The first-order valence-corrected chi connectivity index (χ1v) is 9.54. The van der Waals surface area contributed by atoms with Crippen molar-refractivity contribution in [3.63, 3.8) is 0 Å². The summed E-state index contributed by atoms with van der Waals surface area (Å²) in [7, 11) is -3.00. The van der Waals surface area contributed by atoms with Gasteiger partial charge in [0, 0.05) is 29.1 Å². The molecule has 130 valence electrons. The van der Waals surface area contributed by atoms with Gasteiger partial charge in [0.1, 0.15) is 15.7 Å². The Labute approximate surface area is 141 Å². The first-order valence-electron chi connectivity index (χ1n) is 7.48. The van der Waals surface area contributed by atoms with Crippen LogP contribution in [0.15, 0.2) is 30.3 Å². The lowest BCUT2D eigenvalue weighted by Gasteiger charge is -2.11. The molecule has 0 radical (unpaired) electrons. The number of ether oxygens (including phenoxy) is 1. The number of aromatic nitrogens is 1. The van der Waals surface area contributed by atoms with Crippen molar-refractivity contribution in [2.24, 2.45) is 0 Å². The van der Waals surface area contributed by atoms with Crippen LogP contribution in [0, 0.1) is 12.7 Å². The molecule has 0 aliphatic heterocycles. The molecule has 0 saturated carbocycles. The summed E-state index contributed by atoms with van der Waals surface area (Å²) >= 11 is 0. The molecular formula is C17H20FNO4S. The van der Waals surface area contributed by atoms with Crippen LogP contribution in [0.4, 0.5) is 4.39 Å². The average molecular weight is 353 g/mol. The minimum absolute atomic E-state index is 0.0588. The third-order valence-electron chi connectivity index (χ3n) is 3.47. The van der Waals surface area contributed by atoms with Crippen LogP contribution in [0.25, 0.3) is 11.1 Å². The third-order valence-corrected chi connectivity index (χ3v) is 4.50. The smallest absolute Gasteiger partial charge is 0.213 e. The lowest BCUT2D eigenvalue weighted by atomic mass is 10.0. The molecule has 1 aromatic carbocycles. The van der Waals surface area contributed by atoms with Crippen LogP contribution in [-0.2, 0) is 16.4 Å². The Morgan fingerprint density at radius 1 is 1.21 bits per heavy atom. The van der Waals surface area contributed by atoms with Crippen molar-refractivity contribution in [2.75, 3.05) is 18.6 Å². The monoisotopic (exact) mass is 353 g/mol. The second kappa shape index (κ2) is 7.72. The molecule has 1 heterocycles. The number of rotatable bonds is 7. The second-order valence-electron chi connectivity index (χ2n) is 5.59. The Balaban J connectivity index is 2.12. The minimum Gasteiger partial charge on any atom is -0.478 e.